The minimum atomic E-state index is -0.166. The Bertz CT molecular complexity index is 770. The predicted octanol–water partition coefficient (Wildman–Crippen LogP) is 2.90. The van der Waals surface area contributed by atoms with E-state index >= 15 is 0 Å². The SMILES string of the molecule is COc1ccc(Cl)cc1NC(=O)N1CCCN([C@H]2CCN(CC3CC3)C2=O)CC1. The van der Waals surface area contributed by atoms with Crippen LogP contribution >= 0.6 is 11.6 Å². The van der Waals surface area contributed by atoms with E-state index in [-0.39, 0.29) is 18.0 Å². The number of carbonyl (C=O) groups is 2. The first-order valence-electron chi connectivity index (χ1n) is 10.5. The van der Waals surface area contributed by atoms with Gasteiger partial charge in [0.1, 0.15) is 5.75 Å². The van der Waals surface area contributed by atoms with Crippen molar-refractivity contribution in [3.8, 4) is 5.75 Å². The molecule has 0 bridgehead atoms. The maximum absolute atomic E-state index is 12.8. The molecule has 3 amide bonds. The molecule has 8 heteroatoms. The van der Waals surface area contributed by atoms with Gasteiger partial charge in [-0.3, -0.25) is 9.69 Å². The first-order chi connectivity index (χ1) is 14.0. The van der Waals surface area contributed by atoms with Crippen molar-refractivity contribution < 1.29 is 14.3 Å². The van der Waals surface area contributed by atoms with Crippen LogP contribution in [0.2, 0.25) is 5.02 Å². The molecule has 2 heterocycles. The van der Waals surface area contributed by atoms with E-state index in [9.17, 15) is 9.59 Å². The van der Waals surface area contributed by atoms with E-state index < -0.39 is 0 Å². The minimum absolute atomic E-state index is 0.0233. The van der Waals surface area contributed by atoms with Gasteiger partial charge in [-0.05, 0) is 49.8 Å². The van der Waals surface area contributed by atoms with Crippen LogP contribution in [0.4, 0.5) is 10.5 Å². The third-order valence-corrected chi connectivity index (χ3v) is 6.34. The summed E-state index contributed by atoms with van der Waals surface area (Å²) in [6.45, 7) is 4.62. The average Bonchev–Trinajstić information content (AvgIpc) is 3.49. The van der Waals surface area contributed by atoms with E-state index in [0.29, 0.717) is 36.1 Å². The van der Waals surface area contributed by atoms with Crippen molar-refractivity contribution in [3.05, 3.63) is 23.2 Å². The second kappa shape index (κ2) is 8.79. The Kier molecular flexibility index (Phi) is 6.15. The lowest BCUT2D eigenvalue weighted by Gasteiger charge is -2.27. The Balaban J connectivity index is 1.33. The number of hydrogen-bond acceptors (Lipinski definition) is 4. The summed E-state index contributed by atoms with van der Waals surface area (Å²) in [5.41, 5.74) is 0.563. The van der Waals surface area contributed by atoms with E-state index in [4.69, 9.17) is 16.3 Å². The van der Waals surface area contributed by atoms with Gasteiger partial charge in [0.25, 0.3) is 0 Å². The fraction of sp³-hybridized carbons (Fsp3) is 0.619. The number of benzene rings is 1. The van der Waals surface area contributed by atoms with Gasteiger partial charge in [0.05, 0.1) is 18.8 Å². The van der Waals surface area contributed by atoms with E-state index in [2.05, 4.69) is 10.2 Å². The largest absolute Gasteiger partial charge is 0.495 e. The molecule has 2 aliphatic heterocycles. The summed E-state index contributed by atoms with van der Waals surface area (Å²) in [5, 5.41) is 3.45. The second-order valence-corrected chi connectivity index (χ2v) is 8.62. The topological polar surface area (TPSA) is 65.1 Å². The number of urea groups is 1. The molecule has 1 aromatic carbocycles. The van der Waals surface area contributed by atoms with Gasteiger partial charge in [-0.25, -0.2) is 4.79 Å². The Morgan fingerprint density at radius 2 is 2.00 bits per heavy atom. The summed E-state index contributed by atoms with van der Waals surface area (Å²) < 4.78 is 5.31. The molecule has 1 N–H and O–H groups in total. The van der Waals surface area contributed by atoms with Crippen LogP contribution in [0.5, 0.6) is 5.75 Å². The first kappa shape index (κ1) is 20.3. The minimum Gasteiger partial charge on any atom is -0.495 e. The summed E-state index contributed by atoms with van der Waals surface area (Å²) in [6, 6.07) is 4.96. The third kappa shape index (κ3) is 4.78. The van der Waals surface area contributed by atoms with Gasteiger partial charge in [0.15, 0.2) is 0 Å². The molecule has 1 saturated carbocycles. The molecule has 1 aromatic rings. The number of carbonyl (C=O) groups excluding carboxylic acids is 2. The lowest BCUT2D eigenvalue weighted by molar-refractivity contribution is -0.132. The van der Waals surface area contributed by atoms with Crippen LogP contribution in [-0.4, -0.2) is 79.1 Å². The van der Waals surface area contributed by atoms with Crippen molar-refractivity contribution in [1.82, 2.24) is 14.7 Å². The highest BCUT2D eigenvalue weighted by atomic mass is 35.5. The molecule has 158 valence electrons. The smallest absolute Gasteiger partial charge is 0.321 e. The maximum atomic E-state index is 12.8. The van der Waals surface area contributed by atoms with E-state index in [0.717, 1.165) is 38.4 Å². The summed E-state index contributed by atoms with van der Waals surface area (Å²) in [4.78, 5) is 31.7. The second-order valence-electron chi connectivity index (χ2n) is 8.18. The fourth-order valence-electron chi connectivity index (χ4n) is 4.28. The Hall–Kier alpha value is -1.99. The van der Waals surface area contributed by atoms with Gasteiger partial charge in [-0.1, -0.05) is 11.6 Å². The zero-order chi connectivity index (χ0) is 20.4. The molecule has 2 saturated heterocycles. The predicted molar refractivity (Wildman–Crippen MR) is 112 cm³/mol. The number of likely N-dealkylation sites (tertiary alicyclic amines) is 1. The number of nitrogens with one attached hydrogen (secondary N) is 1. The fourth-order valence-corrected chi connectivity index (χ4v) is 4.45. The van der Waals surface area contributed by atoms with Crippen LogP contribution in [0.3, 0.4) is 0 Å². The Morgan fingerprint density at radius 1 is 1.17 bits per heavy atom. The zero-order valence-corrected chi connectivity index (χ0v) is 17.7. The van der Waals surface area contributed by atoms with Gasteiger partial charge in [0.2, 0.25) is 5.91 Å². The molecule has 7 nitrogen and oxygen atoms in total. The van der Waals surface area contributed by atoms with Crippen LogP contribution in [-0.2, 0) is 4.79 Å². The van der Waals surface area contributed by atoms with Crippen LogP contribution in [0.1, 0.15) is 25.7 Å². The van der Waals surface area contributed by atoms with Gasteiger partial charge >= 0.3 is 6.03 Å². The number of methoxy groups -OCH3 is 1. The van der Waals surface area contributed by atoms with Crippen molar-refractivity contribution in [2.75, 3.05) is 51.7 Å². The number of rotatable bonds is 5. The molecule has 0 unspecified atom stereocenters. The van der Waals surface area contributed by atoms with Crippen LogP contribution in [0.25, 0.3) is 0 Å². The van der Waals surface area contributed by atoms with Crippen molar-refractivity contribution in [2.24, 2.45) is 5.92 Å². The molecule has 3 fully saturated rings. The van der Waals surface area contributed by atoms with E-state index in [1.807, 2.05) is 9.80 Å². The van der Waals surface area contributed by atoms with E-state index in [1.165, 1.54) is 12.8 Å². The molecule has 1 aliphatic carbocycles. The number of anilines is 1. The van der Waals surface area contributed by atoms with Crippen LogP contribution in [0.15, 0.2) is 18.2 Å². The highest BCUT2D eigenvalue weighted by Crippen LogP contribution is 2.32. The Labute approximate surface area is 176 Å². The average molecular weight is 421 g/mol. The van der Waals surface area contributed by atoms with Crippen molar-refractivity contribution >= 4 is 29.2 Å². The number of amides is 3. The number of hydrogen-bond donors (Lipinski definition) is 1. The van der Waals surface area contributed by atoms with Crippen LogP contribution in [0, 0.1) is 5.92 Å². The monoisotopic (exact) mass is 420 g/mol. The first-order valence-corrected chi connectivity index (χ1v) is 10.9. The normalized spacial score (nSPS) is 23.2. The van der Waals surface area contributed by atoms with Crippen molar-refractivity contribution in [2.45, 2.75) is 31.7 Å². The van der Waals surface area contributed by atoms with Gasteiger partial charge in [-0.15, -0.1) is 0 Å². The molecule has 4 rings (SSSR count). The standard InChI is InChI=1S/C21H29ClN4O3/c1-29-19-6-5-16(22)13-17(19)23-21(28)25-9-2-8-24(11-12-25)18-7-10-26(20(18)27)14-15-3-4-15/h5-6,13,15,18H,2-4,7-12,14H2,1H3,(H,23,28)/t18-/m0/s1. The lowest BCUT2D eigenvalue weighted by Crippen LogP contribution is -2.44. The highest BCUT2D eigenvalue weighted by Gasteiger charge is 2.38. The number of halogens is 1. The number of ether oxygens (including phenoxy) is 1. The number of nitrogens with zero attached hydrogens (tertiary/aromatic N) is 3. The molecular formula is C21H29ClN4O3. The summed E-state index contributed by atoms with van der Waals surface area (Å²) in [6.07, 6.45) is 4.28. The summed E-state index contributed by atoms with van der Waals surface area (Å²) in [7, 11) is 1.56. The quantitative estimate of drug-likeness (QED) is 0.795. The third-order valence-electron chi connectivity index (χ3n) is 6.11. The van der Waals surface area contributed by atoms with Crippen molar-refractivity contribution in [3.63, 3.8) is 0 Å². The van der Waals surface area contributed by atoms with Gasteiger partial charge in [-0.2, -0.15) is 0 Å². The van der Waals surface area contributed by atoms with Gasteiger partial charge < -0.3 is 19.9 Å². The Morgan fingerprint density at radius 3 is 2.76 bits per heavy atom. The zero-order valence-electron chi connectivity index (χ0n) is 16.9. The van der Waals surface area contributed by atoms with Gasteiger partial charge in [0, 0.05) is 44.3 Å². The molecular weight excluding hydrogens is 392 g/mol. The molecule has 1 atom stereocenters. The molecule has 0 radical (unpaired) electrons. The summed E-state index contributed by atoms with van der Waals surface area (Å²) >= 11 is 6.06. The molecule has 0 spiro atoms. The van der Waals surface area contributed by atoms with Crippen molar-refractivity contribution in [1.29, 1.82) is 0 Å². The molecule has 3 aliphatic rings. The lowest BCUT2D eigenvalue weighted by atomic mass is 10.2. The molecule has 0 aromatic heterocycles. The maximum Gasteiger partial charge on any atom is 0.321 e. The molecule has 29 heavy (non-hydrogen) atoms. The summed E-state index contributed by atoms with van der Waals surface area (Å²) in [5.74, 6) is 1.58. The van der Waals surface area contributed by atoms with E-state index in [1.54, 1.807) is 25.3 Å². The van der Waals surface area contributed by atoms with Crippen LogP contribution < -0.4 is 10.1 Å². The highest BCUT2D eigenvalue weighted by molar-refractivity contribution is 6.31.